The summed E-state index contributed by atoms with van der Waals surface area (Å²) < 4.78 is 0. The molecular formula is C13H29N3. The molecule has 0 bridgehead atoms. The van der Waals surface area contributed by atoms with Gasteiger partial charge in [0.1, 0.15) is 0 Å². The lowest BCUT2D eigenvalue weighted by atomic mass is 9.87. The minimum Gasteiger partial charge on any atom is -0.329 e. The third-order valence-corrected chi connectivity index (χ3v) is 4.03. The van der Waals surface area contributed by atoms with Crippen molar-refractivity contribution in [3.63, 3.8) is 0 Å². The monoisotopic (exact) mass is 227 g/mol. The molecule has 0 aliphatic carbocycles. The van der Waals surface area contributed by atoms with Gasteiger partial charge >= 0.3 is 0 Å². The van der Waals surface area contributed by atoms with Crippen LogP contribution in [-0.4, -0.2) is 55.6 Å². The molecule has 0 aromatic rings. The molecule has 0 amide bonds. The van der Waals surface area contributed by atoms with E-state index in [-0.39, 0.29) is 5.54 Å². The van der Waals surface area contributed by atoms with Crippen molar-refractivity contribution in [2.75, 3.05) is 40.3 Å². The summed E-state index contributed by atoms with van der Waals surface area (Å²) in [5, 5.41) is 0. The third kappa shape index (κ3) is 3.44. The van der Waals surface area contributed by atoms with Crippen LogP contribution in [0.3, 0.4) is 0 Å². The maximum Gasteiger partial charge on any atom is 0.0455 e. The predicted octanol–water partition coefficient (Wildman–Crippen LogP) is 1.53. The van der Waals surface area contributed by atoms with Crippen LogP contribution in [0, 0.1) is 0 Å². The summed E-state index contributed by atoms with van der Waals surface area (Å²) >= 11 is 0. The Hall–Kier alpha value is -0.120. The normalized spacial score (nSPS) is 27.6. The van der Waals surface area contributed by atoms with Crippen molar-refractivity contribution in [3.8, 4) is 0 Å². The van der Waals surface area contributed by atoms with Crippen LogP contribution in [0.4, 0.5) is 0 Å². The highest BCUT2D eigenvalue weighted by Gasteiger charge is 2.36. The lowest BCUT2D eigenvalue weighted by Gasteiger charge is -2.47. The molecule has 0 radical (unpaired) electrons. The lowest BCUT2D eigenvalue weighted by molar-refractivity contribution is 0.0439. The number of hydrogen-bond acceptors (Lipinski definition) is 3. The number of likely N-dealkylation sites (N-methyl/N-ethyl adjacent to an activating group) is 2. The van der Waals surface area contributed by atoms with Crippen molar-refractivity contribution >= 4 is 0 Å². The van der Waals surface area contributed by atoms with Gasteiger partial charge in [0.05, 0.1) is 0 Å². The fourth-order valence-corrected chi connectivity index (χ4v) is 2.81. The van der Waals surface area contributed by atoms with Crippen LogP contribution in [0.1, 0.15) is 39.0 Å². The van der Waals surface area contributed by atoms with Crippen molar-refractivity contribution in [1.82, 2.24) is 9.80 Å². The zero-order valence-electron chi connectivity index (χ0n) is 11.3. The molecule has 2 N–H and O–H groups in total. The Bertz CT molecular complexity index is 196. The smallest absolute Gasteiger partial charge is 0.0455 e. The van der Waals surface area contributed by atoms with E-state index in [0.29, 0.717) is 0 Å². The van der Waals surface area contributed by atoms with E-state index in [1.165, 1.54) is 45.2 Å². The molecule has 1 rings (SSSR count). The number of piperidine rings is 1. The topological polar surface area (TPSA) is 32.5 Å². The highest BCUT2D eigenvalue weighted by Crippen LogP contribution is 2.25. The average molecular weight is 227 g/mol. The number of likely N-dealkylation sites (tertiary alicyclic amines) is 1. The van der Waals surface area contributed by atoms with E-state index >= 15 is 0 Å². The minimum atomic E-state index is 0.237. The van der Waals surface area contributed by atoms with Gasteiger partial charge in [-0.1, -0.05) is 19.8 Å². The molecule has 96 valence electrons. The average Bonchev–Trinajstić information content (AvgIpc) is 2.29. The van der Waals surface area contributed by atoms with Crippen molar-refractivity contribution in [2.24, 2.45) is 5.73 Å². The Morgan fingerprint density at radius 3 is 2.69 bits per heavy atom. The third-order valence-electron chi connectivity index (χ3n) is 4.03. The predicted molar refractivity (Wildman–Crippen MR) is 70.7 cm³/mol. The highest BCUT2D eigenvalue weighted by atomic mass is 15.2. The van der Waals surface area contributed by atoms with Gasteiger partial charge in [0.15, 0.2) is 0 Å². The maximum atomic E-state index is 6.04. The number of hydrogen-bond donors (Lipinski definition) is 1. The second kappa shape index (κ2) is 6.58. The largest absolute Gasteiger partial charge is 0.329 e. The molecule has 0 saturated carbocycles. The summed E-state index contributed by atoms with van der Waals surface area (Å²) in [6, 6.07) is 0. The molecule has 1 atom stereocenters. The van der Waals surface area contributed by atoms with Gasteiger partial charge in [-0.3, -0.25) is 4.90 Å². The summed E-state index contributed by atoms with van der Waals surface area (Å²) in [5.41, 5.74) is 6.27. The SMILES string of the molecule is CCCCCN(C)C1(CN)CCCN(C)C1. The van der Waals surface area contributed by atoms with Crippen LogP contribution in [0.25, 0.3) is 0 Å². The molecule has 1 aliphatic heterocycles. The summed E-state index contributed by atoms with van der Waals surface area (Å²) in [6.45, 7) is 6.60. The van der Waals surface area contributed by atoms with E-state index in [9.17, 15) is 0 Å². The molecule has 1 saturated heterocycles. The van der Waals surface area contributed by atoms with Gasteiger partial charge in [-0.25, -0.2) is 0 Å². The Morgan fingerprint density at radius 1 is 1.38 bits per heavy atom. The van der Waals surface area contributed by atoms with E-state index < -0.39 is 0 Å². The lowest BCUT2D eigenvalue weighted by Crippen LogP contribution is -2.60. The molecular weight excluding hydrogens is 198 g/mol. The van der Waals surface area contributed by atoms with Gasteiger partial charge in [-0.15, -0.1) is 0 Å². The number of nitrogens with zero attached hydrogens (tertiary/aromatic N) is 2. The molecule has 0 spiro atoms. The molecule has 1 aliphatic rings. The Kier molecular flexibility index (Phi) is 5.73. The van der Waals surface area contributed by atoms with Gasteiger partial charge in [-0.2, -0.15) is 0 Å². The standard InChI is InChI=1S/C13H29N3/c1-4-5-6-10-16(3)13(11-14)8-7-9-15(2)12-13/h4-12,14H2,1-3H3. The van der Waals surface area contributed by atoms with Crippen LogP contribution >= 0.6 is 0 Å². The van der Waals surface area contributed by atoms with Gasteiger partial charge in [-0.05, 0) is 46.4 Å². The van der Waals surface area contributed by atoms with E-state index in [1.807, 2.05) is 0 Å². The summed E-state index contributed by atoms with van der Waals surface area (Å²) in [6.07, 6.45) is 6.48. The van der Waals surface area contributed by atoms with E-state index in [2.05, 4.69) is 30.8 Å². The molecule has 3 heteroatoms. The number of rotatable bonds is 6. The van der Waals surface area contributed by atoms with Crippen molar-refractivity contribution in [1.29, 1.82) is 0 Å². The first-order valence-electron chi connectivity index (χ1n) is 6.74. The zero-order chi connectivity index (χ0) is 12.0. The molecule has 1 heterocycles. The van der Waals surface area contributed by atoms with Crippen LogP contribution in [-0.2, 0) is 0 Å². The van der Waals surface area contributed by atoms with Gasteiger partial charge in [0, 0.05) is 18.6 Å². The fraction of sp³-hybridized carbons (Fsp3) is 1.00. The fourth-order valence-electron chi connectivity index (χ4n) is 2.81. The molecule has 1 fully saturated rings. The second-order valence-corrected chi connectivity index (χ2v) is 5.40. The van der Waals surface area contributed by atoms with Gasteiger partial charge in [0.2, 0.25) is 0 Å². The summed E-state index contributed by atoms with van der Waals surface area (Å²) in [4.78, 5) is 4.94. The van der Waals surface area contributed by atoms with Gasteiger partial charge < -0.3 is 10.6 Å². The highest BCUT2D eigenvalue weighted by molar-refractivity contribution is 4.95. The molecule has 0 aromatic carbocycles. The molecule has 16 heavy (non-hydrogen) atoms. The Labute approximate surface area is 101 Å². The summed E-state index contributed by atoms with van der Waals surface area (Å²) in [5.74, 6) is 0. The first-order valence-corrected chi connectivity index (χ1v) is 6.74. The zero-order valence-corrected chi connectivity index (χ0v) is 11.3. The Morgan fingerprint density at radius 2 is 2.12 bits per heavy atom. The number of unbranched alkanes of at least 4 members (excludes halogenated alkanes) is 2. The van der Waals surface area contributed by atoms with Gasteiger partial charge in [0.25, 0.3) is 0 Å². The summed E-state index contributed by atoms with van der Waals surface area (Å²) in [7, 11) is 4.46. The quantitative estimate of drug-likeness (QED) is 0.699. The van der Waals surface area contributed by atoms with Crippen molar-refractivity contribution in [2.45, 2.75) is 44.6 Å². The maximum absolute atomic E-state index is 6.04. The number of nitrogens with two attached hydrogens (primary N) is 1. The van der Waals surface area contributed by atoms with E-state index in [0.717, 1.165) is 13.1 Å². The molecule has 3 nitrogen and oxygen atoms in total. The first-order chi connectivity index (χ1) is 7.64. The second-order valence-electron chi connectivity index (χ2n) is 5.40. The molecule has 1 unspecified atom stereocenters. The minimum absolute atomic E-state index is 0.237. The Balaban J connectivity index is 2.49. The van der Waals surface area contributed by atoms with Crippen molar-refractivity contribution < 1.29 is 0 Å². The van der Waals surface area contributed by atoms with E-state index in [1.54, 1.807) is 0 Å². The van der Waals surface area contributed by atoms with Crippen LogP contribution < -0.4 is 5.73 Å². The van der Waals surface area contributed by atoms with Crippen LogP contribution in [0.5, 0.6) is 0 Å². The van der Waals surface area contributed by atoms with Crippen LogP contribution in [0.15, 0.2) is 0 Å². The van der Waals surface area contributed by atoms with Crippen LogP contribution in [0.2, 0.25) is 0 Å². The van der Waals surface area contributed by atoms with E-state index in [4.69, 9.17) is 5.73 Å². The van der Waals surface area contributed by atoms with Crippen molar-refractivity contribution in [3.05, 3.63) is 0 Å². The molecule has 0 aromatic heterocycles. The first kappa shape index (κ1) is 13.9.